The molecule has 0 radical (unpaired) electrons. The molecule has 0 N–H and O–H groups in total. The first-order valence-electron chi connectivity index (χ1n) is 20.0. The molecule has 3 nitrogen and oxygen atoms in total. The summed E-state index contributed by atoms with van der Waals surface area (Å²) in [6.45, 7) is 6.39. The third kappa shape index (κ3) is 32.8. The molecule has 0 aliphatic carbocycles. The van der Waals surface area contributed by atoms with Crippen LogP contribution in [-0.2, 0) is 9.47 Å². The first-order chi connectivity index (χ1) is 22.6. The zero-order valence-electron chi connectivity index (χ0n) is 31.9. The van der Waals surface area contributed by atoms with Gasteiger partial charge < -0.3 is 14.4 Å². The molecule has 0 aliphatic heterocycles. The maximum atomic E-state index is 6.50. The zero-order chi connectivity index (χ0) is 33.7. The SMILES string of the molecule is CCCCC/C=C\C/C=C\CCCCCCCCC(CCCCCCCC/C=C\C/C=C\CCCCC)(OC)OCCCN(C)C. The minimum atomic E-state index is -0.392. The fourth-order valence-corrected chi connectivity index (χ4v) is 5.94. The number of hydrogen-bond acceptors (Lipinski definition) is 3. The van der Waals surface area contributed by atoms with Crippen molar-refractivity contribution in [1.82, 2.24) is 4.90 Å². The van der Waals surface area contributed by atoms with Crippen molar-refractivity contribution in [3.05, 3.63) is 48.6 Å². The van der Waals surface area contributed by atoms with Gasteiger partial charge in [0.2, 0.25) is 0 Å². The summed E-state index contributed by atoms with van der Waals surface area (Å²) in [6, 6.07) is 0. The highest BCUT2D eigenvalue weighted by atomic mass is 16.7. The van der Waals surface area contributed by atoms with Crippen LogP contribution >= 0.6 is 0 Å². The lowest BCUT2D eigenvalue weighted by molar-refractivity contribution is -0.232. The van der Waals surface area contributed by atoms with Gasteiger partial charge in [0.25, 0.3) is 0 Å². The number of nitrogens with zero attached hydrogens (tertiary/aromatic N) is 1. The minimum absolute atomic E-state index is 0.392. The Bertz CT molecular complexity index is 660. The number of allylic oxidation sites excluding steroid dienone is 8. The van der Waals surface area contributed by atoms with Crippen molar-refractivity contribution >= 4 is 0 Å². The molecule has 0 atom stereocenters. The quantitative estimate of drug-likeness (QED) is 0.0385. The summed E-state index contributed by atoms with van der Waals surface area (Å²) in [7, 11) is 6.15. The van der Waals surface area contributed by atoms with Crippen LogP contribution in [0.4, 0.5) is 0 Å². The summed E-state index contributed by atoms with van der Waals surface area (Å²) < 4.78 is 12.6. The van der Waals surface area contributed by atoms with E-state index in [2.05, 4.69) is 81.5 Å². The van der Waals surface area contributed by atoms with Gasteiger partial charge in [-0.2, -0.15) is 0 Å². The molecule has 0 bridgehead atoms. The third-order valence-corrected chi connectivity index (χ3v) is 9.00. The second-order valence-electron chi connectivity index (χ2n) is 13.8. The number of methoxy groups -OCH3 is 1. The van der Waals surface area contributed by atoms with Crippen LogP contribution in [0.1, 0.15) is 187 Å². The van der Waals surface area contributed by atoms with Crippen LogP contribution in [0.2, 0.25) is 0 Å². The molecule has 0 aromatic carbocycles. The highest BCUT2D eigenvalue weighted by Crippen LogP contribution is 2.28. The van der Waals surface area contributed by atoms with E-state index in [1.807, 2.05) is 7.11 Å². The van der Waals surface area contributed by atoms with Crippen molar-refractivity contribution in [1.29, 1.82) is 0 Å². The normalized spacial score (nSPS) is 12.8. The minimum Gasteiger partial charge on any atom is -0.353 e. The summed E-state index contributed by atoms with van der Waals surface area (Å²) in [6.07, 6.45) is 52.7. The van der Waals surface area contributed by atoms with Gasteiger partial charge in [-0.3, -0.25) is 0 Å². The van der Waals surface area contributed by atoms with E-state index >= 15 is 0 Å². The number of unbranched alkanes of at least 4 members (excludes halogenated alkanes) is 18. The second-order valence-corrected chi connectivity index (χ2v) is 13.8. The maximum Gasteiger partial charge on any atom is 0.167 e. The Labute approximate surface area is 289 Å². The molecular formula is C43H81NO2. The maximum absolute atomic E-state index is 6.50. The Morgan fingerprint density at radius 1 is 0.457 bits per heavy atom. The van der Waals surface area contributed by atoms with Gasteiger partial charge in [0.15, 0.2) is 5.79 Å². The Morgan fingerprint density at radius 3 is 1.20 bits per heavy atom. The molecule has 0 saturated heterocycles. The Kier molecular flexibility index (Phi) is 35.7. The van der Waals surface area contributed by atoms with Crippen LogP contribution in [0.25, 0.3) is 0 Å². The second kappa shape index (κ2) is 36.7. The predicted molar refractivity (Wildman–Crippen MR) is 207 cm³/mol. The van der Waals surface area contributed by atoms with Gasteiger partial charge in [0.1, 0.15) is 0 Å². The van der Waals surface area contributed by atoms with Crippen molar-refractivity contribution in [3.63, 3.8) is 0 Å². The topological polar surface area (TPSA) is 21.7 Å². The van der Waals surface area contributed by atoms with Gasteiger partial charge in [-0.05, 0) is 104 Å². The van der Waals surface area contributed by atoms with Gasteiger partial charge in [-0.25, -0.2) is 0 Å². The van der Waals surface area contributed by atoms with E-state index in [0.29, 0.717) is 0 Å². The smallest absolute Gasteiger partial charge is 0.167 e. The Hall–Kier alpha value is -1.16. The van der Waals surface area contributed by atoms with E-state index in [-0.39, 0.29) is 0 Å². The molecule has 0 rings (SSSR count). The number of hydrogen-bond donors (Lipinski definition) is 0. The largest absolute Gasteiger partial charge is 0.353 e. The Balaban J connectivity index is 4.11. The summed E-state index contributed by atoms with van der Waals surface area (Å²) in [5.41, 5.74) is 0. The molecule has 0 saturated carbocycles. The van der Waals surface area contributed by atoms with Crippen molar-refractivity contribution in [2.45, 2.75) is 193 Å². The number of ether oxygens (including phenoxy) is 2. The molecule has 0 aliphatic rings. The molecule has 0 aromatic rings. The van der Waals surface area contributed by atoms with E-state index in [4.69, 9.17) is 9.47 Å². The van der Waals surface area contributed by atoms with Gasteiger partial charge >= 0.3 is 0 Å². The van der Waals surface area contributed by atoms with E-state index in [1.54, 1.807) is 0 Å². The summed E-state index contributed by atoms with van der Waals surface area (Å²) >= 11 is 0. The van der Waals surface area contributed by atoms with Gasteiger partial charge in [-0.15, -0.1) is 0 Å². The van der Waals surface area contributed by atoms with Gasteiger partial charge in [-0.1, -0.05) is 140 Å². The monoisotopic (exact) mass is 644 g/mol. The first-order valence-corrected chi connectivity index (χ1v) is 20.0. The lowest BCUT2D eigenvalue weighted by atomic mass is 9.98. The molecule has 0 amide bonds. The van der Waals surface area contributed by atoms with Crippen LogP contribution < -0.4 is 0 Å². The fraction of sp³-hybridized carbons (Fsp3) is 0.814. The molecule has 0 aromatic heterocycles. The van der Waals surface area contributed by atoms with Crippen LogP contribution in [0.5, 0.6) is 0 Å². The summed E-state index contributed by atoms with van der Waals surface area (Å²) in [4.78, 5) is 2.24. The van der Waals surface area contributed by atoms with Crippen molar-refractivity contribution < 1.29 is 9.47 Å². The molecule has 0 heterocycles. The van der Waals surface area contributed by atoms with E-state index in [9.17, 15) is 0 Å². The number of rotatable bonds is 36. The molecular weight excluding hydrogens is 562 g/mol. The highest BCUT2D eigenvalue weighted by molar-refractivity contribution is 4.93. The van der Waals surface area contributed by atoms with Gasteiger partial charge in [0.05, 0.1) is 6.61 Å². The van der Waals surface area contributed by atoms with Crippen molar-refractivity contribution in [2.24, 2.45) is 0 Å². The molecule has 46 heavy (non-hydrogen) atoms. The molecule has 0 spiro atoms. The average molecular weight is 644 g/mol. The molecule has 0 fully saturated rings. The molecule has 0 unspecified atom stereocenters. The van der Waals surface area contributed by atoms with Crippen LogP contribution in [0.3, 0.4) is 0 Å². The molecule has 3 heteroatoms. The lowest BCUT2D eigenvalue weighted by Gasteiger charge is -2.33. The van der Waals surface area contributed by atoms with Crippen LogP contribution in [0, 0.1) is 0 Å². The average Bonchev–Trinajstić information content (AvgIpc) is 3.05. The Morgan fingerprint density at radius 2 is 0.826 bits per heavy atom. The summed E-state index contributed by atoms with van der Waals surface area (Å²) in [5, 5.41) is 0. The van der Waals surface area contributed by atoms with Gasteiger partial charge in [0, 0.05) is 20.0 Å². The van der Waals surface area contributed by atoms with Crippen LogP contribution in [0.15, 0.2) is 48.6 Å². The summed E-state index contributed by atoms with van der Waals surface area (Å²) in [5.74, 6) is -0.392. The standard InChI is InChI=1S/C43H81NO2/c1-6-8-10-12-14-16-18-20-22-24-26-28-30-32-34-36-39-43(45-5,46-42-38-41-44(3)4)40-37-35-33-31-29-27-25-23-21-19-17-15-13-11-9-7-2/h14-17,20-23H,6-13,18-19,24-42H2,1-5H3/b16-14-,17-15-,22-20-,23-21-. The zero-order valence-corrected chi connectivity index (χ0v) is 31.9. The van der Waals surface area contributed by atoms with E-state index < -0.39 is 5.79 Å². The first kappa shape index (κ1) is 44.8. The fourth-order valence-electron chi connectivity index (χ4n) is 5.94. The third-order valence-electron chi connectivity index (χ3n) is 9.00. The van der Waals surface area contributed by atoms with E-state index in [0.717, 1.165) is 45.3 Å². The predicted octanol–water partition coefficient (Wildman–Crippen LogP) is 13.7. The highest BCUT2D eigenvalue weighted by Gasteiger charge is 2.29. The van der Waals surface area contributed by atoms with Crippen molar-refractivity contribution in [2.75, 3.05) is 34.4 Å². The van der Waals surface area contributed by atoms with Crippen LogP contribution in [-0.4, -0.2) is 45.0 Å². The lowest BCUT2D eigenvalue weighted by Crippen LogP contribution is -2.36. The van der Waals surface area contributed by atoms with E-state index in [1.165, 1.54) is 141 Å². The van der Waals surface area contributed by atoms with Crippen molar-refractivity contribution in [3.8, 4) is 0 Å². The molecule has 270 valence electrons.